The predicted octanol–water partition coefficient (Wildman–Crippen LogP) is 2.60. The van der Waals surface area contributed by atoms with Gasteiger partial charge in [0.1, 0.15) is 0 Å². The first-order valence-electron chi connectivity index (χ1n) is 4.76. The molecule has 1 rings (SSSR count). The molecule has 0 saturated carbocycles. The van der Waals surface area contributed by atoms with Crippen LogP contribution in [0.5, 0.6) is 0 Å². The van der Waals surface area contributed by atoms with Crippen LogP contribution in [0.25, 0.3) is 0 Å². The average molecular weight is 199 g/mol. The smallest absolute Gasteiger partial charge is 0.260 e. The van der Waals surface area contributed by atoms with Crippen LogP contribution in [-0.4, -0.2) is 12.5 Å². The van der Waals surface area contributed by atoms with E-state index in [1.165, 1.54) is 0 Å². The van der Waals surface area contributed by atoms with Crippen LogP contribution in [0.2, 0.25) is 0 Å². The standard InChI is InChI=1S/C11H15F2N/c12-11(13,9-14)8-4-7-10-5-2-1-3-6-10/h1-3,5-6H,4,7-9,14H2. The molecule has 1 aromatic carbocycles. The quantitative estimate of drug-likeness (QED) is 0.775. The molecule has 0 atom stereocenters. The summed E-state index contributed by atoms with van der Waals surface area (Å²) in [7, 11) is 0. The fraction of sp³-hybridized carbons (Fsp3) is 0.455. The van der Waals surface area contributed by atoms with Crippen molar-refractivity contribution in [3.05, 3.63) is 35.9 Å². The van der Waals surface area contributed by atoms with Crippen molar-refractivity contribution < 1.29 is 8.78 Å². The van der Waals surface area contributed by atoms with E-state index < -0.39 is 12.5 Å². The lowest BCUT2D eigenvalue weighted by Crippen LogP contribution is -2.27. The van der Waals surface area contributed by atoms with Gasteiger partial charge in [0.15, 0.2) is 0 Å². The van der Waals surface area contributed by atoms with Crippen LogP contribution < -0.4 is 5.73 Å². The van der Waals surface area contributed by atoms with E-state index >= 15 is 0 Å². The molecule has 0 unspecified atom stereocenters. The Hall–Kier alpha value is -0.960. The van der Waals surface area contributed by atoms with Gasteiger partial charge in [-0.1, -0.05) is 30.3 Å². The Kier molecular flexibility index (Phi) is 4.01. The minimum Gasteiger partial charge on any atom is -0.325 e. The second-order valence-corrected chi connectivity index (χ2v) is 3.40. The van der Waals surface area contributed by atoms with Gasteiger partial charge in [-0.05, 0) is 18.4 Å². The third-order valence-corrected chi connectivity index (χ3v) is 2.15. The van der Waals surface area contributed by atoms with E-state index in [2.05, 4.69) is 0 Å². The minimum absolute atomic E-state index is 0.127. The molecule has 0 amide bonds. The lowest BCUT2D eigenvalue weighted by atomic mass is 10.1. The lowest BCUT2D eigenvalue weighted by molar-refractivity contribution is 0.000359. The monoisotopic (exact) mass is 199 g/mol. The fourth-order valence-electron chi connectivity index (χ4n) is 1.30. The molecule has 0 aliphatic carbocycles. The predicted molar refractivity (Wildman–Crippen MR) is 53.4 cm³/mol. The van der Waals surface area contributed by atoms with E-state index in [9.17, 15) is 8.78 Å². The number of aryl methyl sites for hydroxylation is 1. The third kappa shape index (κ3) is 3.83. The van der Waals surface area contributed by atoms with Crippen LogP contribution in [0.15, 0.2) is 30.3 Å². The van der Waals surface area contributed by atoms with Gasteiger partial charge in [-0.15, -0.1) is 0 Å². The van der Waals surface area contributed by atoms with Crippen molar-refractivity contribution in [2.24, 2.45) is 5.73 Å². The molecule has 14 heavy (non-hydrogen) atoms. The maximum atomic E-state index is 12.7. The maximum Gasteiger partial charge on any atom is 0.260 e. The molecule has 2 N–H and O–H groups in total. The first kappa shape index (κ1) is 11.1. The molecule has 78 valence electrons. The Morgan fingerprint density at radius 1 is 1.14 bits per heavy atom. The Morgan fingerprint density at radius 2 is 1.79 bits per heavy atom. The summed E-state index contributed by atoms with van der Waals surface area (Å²) in [5.41, 5.74) is 6.03. The van der Waals surface area contributed by atoms with E-state index in [1.54, 1.807) is 0 Å². The molecular weight excluding hydrogens is 184 g/mol. The Labute approximate surface area is 82.9 Å². The van der Waals surface area contributed by atoms with E-state index in [-0.39, 0.29) is 6.42 Å². The molecule has 3 heteroatoms. The molecule has 1 nitrogen and oxygen atoms in total. The van der Waals surface area contributed by atoms with Crippen LogP contribution in [0.1, 0.15) is 18.4 Å². The van der Waals surface area contributed by atoms with Crippen molar-refractivity contribution in [3.8, 4) is 0 Å². The van der Waals surface area contributed by atoms with Gasteiger partial charge < -0.3 is 5.73 Å². The van der Waals surface area contributed by atoms with Crippen LogP contribution in [0.4, 0.5) is 8.78 Å². The van der Waals surface area contributed by atoms with E-state index in [0.717, 1.165) is 5.56 Å². The van der Waals surface area contributed by atoms with Gasteiger partial charge in [-0.2, -0.15) is 0 Å². The number of halogens is 2. The van der Waals surface area contributed by atoms with Gasteiger partial charge in [-0.3, -0.25) is 0 Å². The number of rotatable bonds is 5. The zero-order chi connectivity index (χ0) is 10.4. The van der Waals surface area contributed by atoms with Crippen LogP contribution in [0, 0.1) is 0 Å². The van der Waals surface area contributed by atoms with Crippen LogP contribution >= 0.6 is 0 Å². The summed E-state index contributed by atoms with van der Waals surface area (Å²) < 4.78 is 25.5. The lowest BCUT2D eigenvalue weighted by Gasteiger charge is -2.12. The fourth-order valence-corrected chi connectivity index (χ4v) is 1.30. The summed E-state index contributed by atoms with van der Waals surface area (Å²) in [5, 5.41) is 0. The highest BCUT2D eigenvalue weighted by atomic mass is 19.3. The van der Waals surface area contributed by atoms with E-state index in [1.807, 2.05) is 30.3 Å². The zero-order valence-electron chi connectivity index (χ0n) is 8.05. The highest BCUT2D eigenvalue weighted by molar-refractivity contribution is 5.14. The molecule has 1 aromatic rings. The second-order valence-electron chi connectivity index (χ2n) is 3.40. The summed E-state index contributed by atoms with van der Waals surface area (Å²) >= 11 is 0. The largest absolute Gasteiger partial charge is 0.325 e. The zero-order valence-corrected chi connectivity index (χ0v) is 8.05. The van der Waals surface area contributed by atoms with Crippen molar-refractivity contribution >= 4 is 0 Å². The molecule has 0 bridgehead atoms. The summed E-state index contributed by atoms with van der Waals surface area (Å²) in [5.74, 6) is -2.70. The highest BCUT2D eigenvalue weighted by Crippen LogP contribution is 2.19. The second kappa shape index (κ2) is 5.05. The third-order valence-electron chi connectivity index (χ3n) is 2.15. The number of benzene rings is 1. The van der Waals surface area contributed by atoms with E-state index in [0.29, 0.717) is 12.8 Å². The number of hydrogen-bond donors (Lipinski definition) is 1. The minimum atomic E-state index is -2.70. The molecular formula is C11H15F2N. The number of nitrogens with two attached hydrogens (primary N) is 1. The molecule has 0 aliphatic rings. The summed E-state index contributed by atoms with van der Waals surface area (Å²) in [4.78, 5) is 0. The van der Waals surface area contributed by atoms with Gasteiger partial charge in [0.2, 0.25) is 0 Å². The van der Waals surface area contributed by atoms with Gasteiger partial charge >= 0.3 is 0 Å². The first-order chi connectivity index (χ1) is 6.64. The molecule has 0 heterocycles. The van der Waals surface area contributed by atoms with Crippen molar-refractivity contribution in [2.45, 2.75) is 25.2 Å². The molecule has 0 aliphatic heterocycles. The molecule has 0 fully saturated rings. The van der Waals surface area contributed by atoms with Crippen molar-refractivity contribution in [1.82, 2.24) is 0 Å². The Bertz CT molecular complexity index is 259. The summed E-state index contributed by atoms with van der Waals surface area (Å²) in [6.45, 7) is -0.554. The average Bonchev–Trinajstić information content (AvgIpc) is 2.19. The number of alkyl halides is 2. The topological polar surface area (TPSA) is 26.0 Å². The van der Waals surface area contributed by atoms with Gasteiger partial charge in [0.25, 0.3) is 5.92 Å². The van der Waals surface area contributed by atoms with Crippen molar-refractivity contribution in [3.63, 3.8) is 0 Å². The van der Waals surface area contributed by atoms with Crippen LogP contribution in [-0.2, 0) is 6.42 Å². The summed E-state index contributed by atoms with van der Waals surface area (Å²) in [6, 6.07) is 9.63. The van der Waals surface area contributed by atoms with Crippen LogP contribution in [0.3, 0.4) is 0 Å². The number of hydrogen-bond acceptors (Lipinski definition) is 1. The molecule has 0 radical (unpaired) electrons. The van der Waals surface area contributed by atoms with E-state index in [4.69, 9.17) is 5.73 Å². The molecule has 0 spiro atoms. The highest BCUT2D eigenvalue weighted by Gasteiger charge is 2.25. The SMILES string of the molecule is NCC(F)(F)CCCc1ccccc1. The normalized spacial score (nSPS) is 11.6. The van der Waals surface area contributed by atoms with Gasteiger partial charge in [-0.25, -0.2) is 8.78 Å². The van der Waals surface area contributed by atoms with Gasteiger partial charge in [0.05, 0.1) is 6.54 Å². The first-order valence-corrected chi connectivity index (χ1v) is 4.76. The molecule has 0 saturated heterocycles. The van der Waals surface area contributed by atoms with Crippen molar-refractivity contribution in [2.75, 3.05) is 6.54 Å². The molecule has 0 aromatic heterocycles. The van der Waals surface area contributed by atoms with Crippen molar-refractivity contribution in [1.29, 1.82) is 0 Å². The van der Waals surface area contributed by atoms with Gasteiger partial charge in [0, 0.05) is 6.42 Å². The summed E-state index contributed by atoms with van der Waals surface area (Å²) in [6.07, 6.45) is 1.04. The maximum absolute atomic E-state index is 12.7. The Balaban J connectivity index is 2.29. The Morgan fingerprint density at radius 3 is 2.36 bits per heavy atom.